The lowest BCUT2D eigenvalue weighted by Crippen LogP contribution is -2.28. The molecule has 1 unspecified atom stereocenters. The number of fused-ring (bicyclic) bond motifs is 1. The van der Waals surface area contributed by atoms with Gasteiger partial charge in [-0.2, -0.15) is 0 Å². The lowest BCUT2D eigenvalue weighted by molar-refractivity contribution is 0.187. The van der Waals surface area contributed by atoms with E-state index in [0.29, 0.717) is 17.0 Å². The summed E-state index contributed by atoms with van der Waals surface area (Å²) in [6.07, 6.45) is 1.07. The minimum atomic E-state index is -0.631. The summed E-state index contributed by atoms with van der Waals surface area (Å²) in [7, 11) is 0. The molecule has 0 spiro atoms. The maximum atomic E-state index is 11.3. The van der Waals surface area contributed by atoms with Crippen LogP contribution in [0.3, 0.4) is 0 Å². The van der Waals surface area contributed by atoms with Crippen LogP contribution in [0.5, 0.6) is 0 Å². The summed E-state index contributed by atoms with van der Waals surface area (Å²) >= 11 is 0. The van der Waals surface area contributed by atoms with Crippen LogP contribution < -0.4 is 16.4 Å². The molecule has 0 aliphatic carbocycles. The van der Waals surface area contributed by atoms with Crippen molar-refractivity contribution in [3.05, 3.63) is 38.9 Å². The van der Waals surface area contributed by atoms with E-state index in [2.05, 4.69) is 15.3 Å². The topological polar surface area (TPSA) is 87.0 Å². The average molecular weight is 261 g/mol. The van der Waals surface area contributed by atoms with Crippen LogP contribution in [0.4, 0.5) is 5.69 Å². The molecule has 1 aliphatic rings. The second kappa shape index (κ2) is 4.89. The smallest absolute Gasteiger partial charge is 0.314 e. The molecule has 2 aromatic rings. The third kappa shape index (κ3) is 2.53. The highest BCUT2D eigenvalue weighted by Crippen LogP contribution is 2.17. The van der Waals surface area contributed by atoms with Crippen molar-refractivity contribution in [3.63, 3.8) is 0 Å². The minimum absolute atomic E-state index is 0.533. The second-order valence-electron chi connectivity index (χ2n) is 4.78. The zero-order chi connectivity index (χ0) is 13.2. The molecule has 19 heavy (non-hydrogen) atoms. The van der Waals surface area contributed by atoms with E-state index in [0.717, 1.165) is 31.9 Å². The number of anilines is 1. The van der Waals surface area contributed by atoms with Crippen LogP contribution in [0.25, 0.3) is 11.0 Å². The fourth-order valence-corrected chi connectivity index (χ4v) is 2.23. The highest BCUT2D eigenvalue weighted by Gasteiger charge is 2.14. The third-order valence-electron chi connectivity index (χ3n) is 3.34. The predicted octanol–water partition coefficient (Wildman–Crippen LogP) is 0.665. The summed E-state index contributed by atoms with van der Waals surface area (Å²) in [5, 5.41) is 3.32. The average Bonchev–Trinajstić information content (AvgIpc) is 2.91. The number of nitrogens with one attached hydrogen (secondary N) is 3. The first kappa shape index (κ1) is 12.0. The monoisotopic (exact) mass is 261 g/mol. The quantitative estimate of drug-likeness (QED) is 0.708. The summed E-state index contributed by atoms with van der Waals surface area (Å²) in [4.78, 5) is 27.6. The van der Waals surface area contributed by atoms with Crippen LogP contribution in [0.2, 0.25) is 0 Å². The Kier molecular flexibility index (Phi) is 3.08. The Hall–Kier alpha value is -2.08. The van der Waals surface area contributed by atoms with Gasteiger partial charge in [0.2, 0.25) is 0 Å². The van der Waals surface area contributed by atoms with Gasteiger partial charge in [-0.25, -0.2) is 0 Å². The summed E-state index contributed by atoms with van der Waals surface area (Å²) in [6, 6.07) is 5.48. The number of hydrogen-bond donors (Lipinski definition) is 3. The Morgan fingerprint density at radius 1 is 1.21 bits per heavy atom. The van der Waals surface area contributed by atoms with Gasteiger partial charge in [0.25, 0.3) is 0 Å². The summed E-state index contributed by atoms with van der Waals surface area (Å²) in [6.45, 7) is 2.47. The van der Waals surface area contributed by atoms with Crippen LogP contribution in [0.15, 0.2) is 27.8 Å². The molecule has 1 atom stereocenters. The summed E-state index contributed by atoms with van der Waals surface area (Å²) in [5.74, 6) is 0.533. The van der Waals surface area contributed by atoms with Crippen molar-refractivity contribution < 1.29 is 4.74 Å². The number of aromatic amines is 2. The van der Waals surface area contributed by atoms with Crippen LogP contribution in [0, 0.1) is 5.92 Å². The highest BCUT2D eigenvalue weighted by molar-refractivity contribution is 5.78. The number of rotatable bonds is 3. The van der Waals surface area contributed by atoms with E-state index in [-0.39, 0.29) is 0 Å². The van der Waals surface area contributed by atoms with Crippen LogP contribution in [-0.2, 0) is 4.74 Å². The molecule has 3 rings (SSSR count). The first-order valence-corrected chi connectivity index (χ1v) is 6.30. The molecule has 3 N–H and O–H groups in total. The zero-order valence-electron chi connectivity index (χ0n) is 10.4. The molecule has 1 saturated heterocycles. The first-order chi connectivity index (χ1) is 9.22. The number of H-pyrrole nitrogens is 2. The van der Waals surface area contributed by atoms with Gasteiger partial charge in [0.05, 0.1) is 17.6 Å². The van der Waals surface area contributed by atoms with Gasteiger partial charge in [0.1, 0.15) is 0 Å². The van der Waals surface area contributed by atoms with Crippen molar-refractivity contribution in [2.24, 2.45) is 5.92 Å². The number of ether oxygens (including phenoxy) is 1. The van der Waals surface area contributed by atoms with Gasteiger partial charge in [0.15, 0.2) is 0 Å². The van der Waals surface area contributed by atoms with Gasteiger partial charge in [-0.1, -0.05) is 0 Å². The molecule has 6 nitrogen and oxygen atoms in total. The molecule has 100 valence electrons. The second-order valence-corrected chi connectivity index (χ2v) is 4.78. The van der Waals surface area contributed by atoms with E-state index in [1.54, 1.807) is 6.07 Å². The van der Waals surface area contributed by atoms with Crippen LogP contribution >= 0.6 is 0 Å². The van der Waals surface area contributed by atoms with Crippen molar-refractivity contribution in [1.29, 1.82) is 0 Å². The molecule has 1 aromatic heterocycles. The lowest BCUT2D eigenvalue weighted by Gasteiger charge is -2.11. The number of aromatic nitrogens is 2. The molecule has 0 bridgehead atoms. The minimum Gasteiger partial charge on any atom is -0.385 e. The van der Waals surface area contributed by atoms with E-state index in [1.165, 1.54) is 0 Å². The van der Waals surface area contributed by atoms with E-state index >= 15 is 0 Å². The Morgan fingerprint density at radius 3 is 2.74 bits per heavy atom. The lowest BCUT2D eigenvalue weighted by atomic mass is 10.1. The zero-order valence-corrected chi connectivity index (χ0v) is 10.4. The highest BCUT2D eigenvalue weighted by atomic mass is 16.5. The first-order valence-electron chi connectivity index (χ1n) is 6.30. The van der Waals surface area contributed by atoms with E-state index in [1.807, 2.05) is 12.1 Å². The molecule has 0 amide bonds. The van der Waals surface area contributed by atoms with Crippen molar-refractivity contribution in [1.82, 2.24) is 9.97 Å². The SMILES string of the molecule is O=c1[nH]c2ccc(NCC3CCOC3)cc2[nH]c1=O. The van der Waals surface area contributed by atoms with Crippen molar-refractivity contribution in [2.75, 3.05) is 25.1 Å². The Bertz CT molecular complexity index is 698. The van der Waals surface area contributed by atoms with Gasteiger partial charge < -0.3 is 20.0 Å². The fourth-order valence-electron chi connectivity index (χ4n) is 2.23. The Balaban J connectivity index is 1.82. The Morgan fingerprint density at radius 2 is 2.00 bits per heavy atom. The van der Waals surface area contributed by atoms with Gasteiger partial charge in [-0.05, 0) is 24.6 Å². The van der Waals surface area contributed by atoms with Gasteiger partial charge in [-0.15, -0.1) is 0 Å². The van der Waals surface area contributed by atoms with Crippen LogP contribution in [-0.4, -0.2) is 29.7 Å². The van der Waals surface area contributed by atoms with E-state index < -0.39 is 11.1 Å². The van der Waals surface area contributed by atoms with Crippen LogP contribution in [0.1, 0.15) is 6.42 Å². The molecule has 0 saturated carbocycles. The maximum Gasteiger partial charge on any atom is 0.314 e. The Labute approximate surface area is 108 Å². The van der Waals surface area contributed by atoms with Gasteiger partial charge in [0, 0.05) is 24.8 Å². The van der Waals surface area contributed by atoms with Crippen molar-refractivity contribution in [3.8, 4) is 0 Å². The third-order valence-corrected chi connectivity index (χ3v) is 3.34. The molecule has 0 radical (unpaired) electrons. The van der Waals surface area contributed by atoms with Crippen molar-refractivity contribution in [2.45, 2.75) is 6.42 Å². The summed E-state index contributed by atoms with van der Waals surface area (Å²) in [5.41, 5.74) is 0.906. The molecular weight excluding hydrogens is 246 g/mol. The normalized spacial score (nSPS) is 18.8. The fraction of sp³-hybridized carbons (Fsp3) is 0.385. The molecule has 6 heteroatoms. The molecule has 2 heterocycles. The van der Waals surface area contributed by atoms with Gasteiger partial charge >= 0.3 is 11.1 Å². The standard InChI is InChI=1S/C13H15N3O3/c17-12-13(18)16-11-5-9(1-2-10(11)15-12)14-6-8-3-4-19-7-8/h1-2,5,8,14H,3-4,6-7H2,(H,15,17)(H,16,18). The van der Waals surface area contributed by atoms with Gasteiger partial charge in [-0.3, -0.25) is 9.59 Å². The molecule has 1 aromatic carbocycles. The predicted molar refractivity (Wildman–Crippen MR) is 72.6 cm³/mol. The molecule has 1 fully saturated rings. The number of benzene rings is 1. The van der Waals surface area contributed by atoms with E-state index in [4.69, 9.17) is 4.74 Å². The number of hydrogen-bond acceptors (Lipinski definition) is 4. The largest absolute Gasteiger partial charge is 0.385 e. The van der Waals surface area contributed by atoms with E-state index in [9.17, 15) is 9.59 Å². The molecular formula is C13H15N3O3. The maximum absolute atomic E-state index is 11.3. The molecule has 1 aliphatic heterocycles. The summed E-state index contributed by atoms with van der Waals surface area (Å²) < 4.78 is 5.32. The van der Waals surface area contributed by atoms with Crippen molar-refractivity contribution >= 4 is 16.7 Å².